The lowest BCUT2D eigenvalue weighted by molar-refractivity contribution is -0.138. The van der Waals surface area contributed by atoms with Gasteiger partial charge in [0.05, 0.1) is 11.7 Å². The molecule has 2 rings (SSSR count). The zero-order chi connectivity index (χ0) is 15.5. The summed E-state index contributed by atoms with van der Waals surface area (Å²) in [6.45, 7) is 1.86. The molecule has 4 nitrogen and oxygen atoms in total. The molecule has 21 heavy (non-hydrogen) atoms. The Labute approximate surface area is 120 Å². The Morgan fingerprint density at radius 1 is 1.29 bits per heavy atom. The van der Waals surface area contributed by atoms with Gasteiger partial charge >= 0.3 is 6.18 Å². The minimum absolute atomic E-state index is 0.00329. The van der Waals surface area contributed by atoms with Crippen molar-refractivity contribution in [1.82, 2.24) is 14.8 Å². The number of nitrogens with zero attached hydrogens (tertiary/aromatic N) is 3. The number of benzene rings is 1. The van der Waals surface area contributed by atoms with E-state index in [2.05, 4.69) is 10.1 Å². The van der Waals surface area contributed by atoms with Gasteiger partial charge in [0.2, 0.25) is 0 Å². The highest BCUT2D eigenvalue weighted by molar-refractivity contribution is 5.33. The Morgan fingerprint density at radius 2 is 2.00 bits per heavy atom. The van der Waals surface area contributed by atoms with Gasteiger partial charge in [-0.3, -0.25) is 0 Å². The summed E-state index contributed by atoms with van der Waals surface area (Å²) in [4.78, 5) is 3.76. The van der Waals surface area contributed by atoms with E-state index in [0.717, 1.165) is 6.07 Å². The van der Waals surface area contributed by atoms with Crippen LogP contribution in [-0.2, 0) is 6.18 Å². The number of aliphatic hydroxyl groups is 1. The van der Waals surface area contributed by atoms with Crippen molar-refractivity contribution in [3.63, 3.8) is 0 Å². The summed E-state index contributed by atoms with van der Waals surface area (Å²) in [6, 6.07) is 4.32. The molecule has 1 heterocycles. The average Bonchev–Trinajstić information content (AvgIpc) is 2.92. The van der Waals surface area contributed by atoms with Gasteiger partial charge < -0.3 is 5.11 Å². The van der Waals surface area contributed by atoms with Gasteiger partial charge in [0, 0.05) is 0 Å². The van der Waals surface area contributed by atoms with E-state index in [9.17, 15) is 18.3 Å². The van der Waals surface area contributed by atoms with Crippen LogP contribution in [0.2, 0.25) is 0 Å². The number of alkyl halides is 3. The second-order valence-corrected chi connectivity index (χ2v) is 4.76. The van der Waals surface area contributed by atoms with Gasteiger partial charge in [-0.05, 0) is 18.1 Å². The molecule has 0 amide bonds. The Hall–Kier alpha value is -1.89. The monoisotopic (exact) mass is 299 g/mol. The van der Waals surface area contributed by atoms with Crippen LogP contribution in [0.15, 0.2) is 36.9 Å². The molecule has 0 aliphatic heterocycles. The molecule has 2 aromatic rings. The van der Waals surface area contributed by atoms with Crippen LogP contribution < -0.4 is 0 Å². The molecule has 0 saturated carbocycles. The standard InChI is InChI=1S/C14H16F3N3O/c1-2-5-12(21)13(20-9-18-8-19-20)10-6-3-4-7-11(10)14(15,16)17/h3-4,6-9,12-13,21H,2,5H2,1H3. The SMILES string of the molecule is CCCC(O)C(c1ccccc1C(F)(F)F)n1cncn1. The highest BCUT2D eigenvalue weighted by Crippen LogP contribution is 2.37. The lowest BCUT2D eigenvalue weighted by atomic mass is 9.94. The molecule has 0 aliphatic carbocycles. The summed E-state index contributed by atoms with van der Waals surface area (Å²) in [5, 5.41) is 14.2. The molecule has 0 radical (unpaired) electrons. The second-order valence-electron chi connectivity index (χ2n) is 4.76. The first-order chi connectivity index (χ1) is 9.95. The van der Waals surface area contributed by atoms with Crippen molar-refractivity contribution in [1.29, 1.82) is 0 Å². The van der Waals surface area contributed by atoms with E-state index in [1.54, 1.807) is 0 Å². The maximum atomic E-state index is 13.2. The first-order valence-electron chi connectivity index (χ1n) is 6.63. The molecule has 1 aromatic heterocycles. The summed E-state index contributed by atoms with van der Waals surface area (Å²) in [6.07, 6.45) is -1.88. The lowest BCUT2D eigenvalue weighted by Gasteiger charge is -2.26. The van der Waals surface area contributed by atoms with Crippen LogP contribution in [0.25, 0.3) is 0 Å². The Balaban J connectivity index is 2.52. The highest BCUT2D eigenvalue weighted by Gasteiger charge is 2.37. The van der Waals surface area contributed by atoms with Crippen molar-refractivity contribution in [3.05, 3.63) is 48.0 Å². The van der Waals surface area contributed by atoms with Gasteiger partial charge in [-0.1, -0.05) is 31.5 Å². The number of aliphatic hydroxyl groups excluding tert-OH is 1. The van der Waals surface area contributed by atoms with Crippen molar-refractivity contribution < 1.29 is 18.3 Å². The van der Waals surface area contributed by atoms with Gasteiger partial charge in [0.25, 0.3) is 0 Å². The minimum Gasteiger partial charge on any atom is -0.391 e. The van der Waals surface area contributed by atoms with Crippen molar-refractivity contribution >= 4 is 0 Å². The largest absolute Gasteiger partial charge is 0.416 e. The lowest BCUT2D eigenvalue weighted by Crippen LogP contribution is -2.28. The quantitative estimate of drug-likeness (QED) is 0.923. The number of rotatable bonds is 5. The Bertz CT molecular complexity index is 569. The van der Waals surface area contributed by atoms with Crippen LogP contribution in [0, 0.1) is 0 Å². The summed E-state index contributed by atoms with van der Waals surface area (Å²) in [7, 11) is 0. The van der Waals surface area contributed by atoms with Crippen LogP contribution in [0.3, 0.4) is 0 Å². The van der Waals surface area contributed by atoms with E-state index in [-0.39, 0.29) is 5.56 Å². The number of aromatic nitrogens is 3. The first-order valence-corrected chi connectivity index (χ1v) is 6.63. The maximum Gasteiger partial charge on any atom is 0.416 e. The maximum absolute atomic E-state index is 13.2. The normalized spacial score (nSPS) is 14.9. The fourth-order valence-corrected chi connectivity index (χ4v) is 2.35. The minimum atomic E-state index is -4.48. The summed E-state index contributed by atoms with van der Waals surface area (Å²) < 4.78 is 40.8. The third kappa shape index (κ3) is 3.41. The van der Waals surface area contributed by atoms with E-state index in [1.165, 1.54) is 35.5 Å². The summed E-state index contributed by atoms with van der Waals surface area (Å²) in [5.74, 6) is 0. The van der Waals surface area contributed by atoms with Crippen LogP contribution in [0.1, 0.15) is 36.9 Å². The zero-order valence-electron chi connectivity index (χ0n) is 11.5. The van der Waals surface area contributed by atoms with Crippen LogP contribution >= 0.6 is 0 Å². The van der Waals surface area contributed by atoms with E-state index < -0.39 is 23.9 Å². The number of hydrogen-bond donors (Lipinski definition) is 1. The molecule has 0 aliphatic rings. The van der Waals surface area contributed by atoms with Crippen molar-refractivity contribution in [2.75, 3.05) is 0 Å². The predicted octanol–water partition coefficient (Wildman–Crippen LogP) is 3.05. The van der Waals surface area contributed by atoms with Crippen molar-refractivity contribution in [2.45, 2.75) is 38.1 Å². The van der Waals surface area contributed by atoms with Gasteiger partial charge in [0.1, 0.15) is 18.7 Å². The third-order valence-electron chi connectivity index (χ3n) is 3.26. The Kier molecular flexibility index (Phi) is 4.62. The van der Waals surface area contributed by atoms with E-state index in [0.29, 0.717) is 12.8 Å². The third-order valence-corrected chi connectivity index (χ3v) is 3.26. The second kappa shape index (κ2) is 6.26. The van der Waals surface area contributed by atoms with E-state index in [1.807, 2.05) is 6.92 Å². The smallest absolute Gasteiger partial charge is 0.391 e. The molecule has 0 saturated heterocycles. The van der Waals surface area contributed by atoms with E-state index >= 15 is 0 Å². The molecule has 114 valence electrons. The van der Waals surface area contributed by atoms with Crippen molar-refractivity contribution in [3.8, 4) is 0 Å². The molecular weight excluding hydrogens is 283 g/mol. The molecule has 1 aromatic carbocycles. The molecule has 0 spiro atoms. The van der Waals surface area contributed by atoms with Gasteiger partial charge in [-0.15, -0.1) is 0 Å². The van der Waals surface area contributed by atoms with Gasteiger partial charge in [-0.25, -0.2) is 9.67 Å². The molecule has 1 N–H and O–H groups in total. The molecule has 2 unspecified atom stereocenters. The predicted molar refractivity (Wildman–Crippen MR) is 70.5 cm³/mol. The van der Waals surface area contributed by atoms with E-state index in [4.69, 9.17) is 0 Å². The highest BCUT2D eigenvalue weighted by atomic mass is 19.4. The topological polar surface area (TPSA) is 50.9 Å². The Morgan fingerprint density at radius 3 is 2.57 bits per heavy atom. The molecule has 0 bridgehead atoms. The summed E-state index contributed by atoms with van der Waals surface area (Å²) >= 11 is 0. The van der Waals surface area contributed by atoms with Crippen LogP contribution in [0.4, 0.5) is 13.2 Å². The number of halogens is 3. The molecule has 0 fully saturated rings. The van der Waals surface area contributed by atoms with Gasteiger partial charge in [-0.2, -0.15) is 18.3 Å². The molecular formula is C14H16F3N3O. The summed E-state index contributed by atoms with van der Waals surface area (Å²) in [5.41, 5.74) is -0.767. The average molecular weight is 299 g/mol. The van der Waals surface area contributed by atoms with Crippen molar-refractivity contribution in [2.24, 2.45) is 0 Å². The molecule has 2 atom stereocenters. The zero-order valence-corrected chi connectivity index (χ0v) is 11.5. The number of hydrogen-bond acceptors (Lipinski definition) is 3. The molecule has 7 heteroatoms. The van der Waals surface area contributed by atoms with Crippen LogP contribution in [-0.4, -0.2) is 26.0 Å². The van der Waals surface area contributed by atoms with Gasteiger partial charge in [0.15, 0.2) is 0 Å². The fraction of sp³-hybridized carbons (Fsp3) is 0.429. The fourth-order valence-electron chi connectivity index (χ4n) is 2.35. The van der Waals surface area contributed by atoms with Crippen LogP contribution in [0.5, 0.6) is 0 Å². The first kappa shape index (κ1) is 15.5.